The summed E-state index contributed by atoms with van der Waals surface area (Å²) in [5.74, 6) is 0.688. The van der Waals surface area contributed by atoms with Crippen molar-refractivity contribution in [2.75, 3.05) is 6.54 Å². The zero-order chi connectivity index (χ0) is 18.2. The van der Waals surface area contributed by atoms with Crippen molar-refractivity contribution in [2.45, 2.75) is 26.5 Å². The molecule has 0 radical (unpaired) electrons. The third kappa shape index (κ3) is 5.71. The van der Waals surface area contributed by atoms with Crippen LogP contribution in [0.25, 0.3) is 0 Å². The molecule has 1 N–H and O–H groups in total. The van der Waals surface area contributed by atoms with Gasteiger partial charge >= 0.3 is 0 Å². The van der Waals surface area contributed by atoms with Crippen LogP contribution in [0.4, 0.5) is 4.39 Å². The zero-order valence-electron chi connectivity index (χ0n) is 15.0. The molecule has 0 aliphatic rings. The van der Waals surface area contributed by atoms with Crippen molar-refractivity contribution in [1.29, 1.82) is 0 Å². The van der Waals surface area contributed by atoms with Gasteiger partial charge in [0.25, 0.3) is 0 Å². The Balaban J connectivity index is 1.40. The summed E-state index contributed by atoms with van der Waals surface area (Å²) >= 11 is 0. The lowest BCUT2D eigenvalue weighted by molar-refractivity contribution is 0.306. The molecule has 0 aliphatic carbocycles. The summed E-state index contributed by atoms with van der Waals surface area (Å²) in [6.07, 6.45) is 0.887. The molecule has 0 heterocycles. The van der Waals surface area contributed by atoms with Crippen LogP contribution in [0.2, 0.25) is 0 Å². The van der Waals surface area contributed by atoms with Gasteiger partial charge in [-0.15, -0.1) is 0 Å². The first-order chi connectivity index (χ1) is 12.7. The summed E-state index contributed by atoms with van der Waals surface area (Å²) in [5.41, 5.74) is 4.77. The SMILES string of the molecule is Cc1cccc(COc2ccc(CNCCc3ccc(F)cc3)cc2)c1. The molecular weight excluding hydrogens is 325 g/mol. The minimum Gasteiger partial charge on any atom is -0.489 e. The molecular formula is C23H24FNO. The van der Waals surface area contributed by atoms with Gasteiger partial charge in [0.15, 0.2) is 0 Å². The number of hydrogen-bond donors (Lipinski definition) is 1. The van der Waals surface area contributed by atoms with E-state index < -0.39 is 0 Å². The number of nitrogens with one attached hydrogen (secondary N) is 1. The Morgan fingerprint density at radius 2 is 1.58 bits per heavy atom. The number of halogens is 1. The summed E-state index contributed by atoms with van der Waals surface area (Å²) in [7, 11) is 0. The van der Waals surface area contributed by atoms with Crippen LogP contribution in [-0.4, -0.2) is 6.54 Å². The Bertz CT molecular complexity index is 812. The molecule has 0 bridgehead atoms. The van der Waals surface area contributed by atoms with Gasteiger partial charge in [0, 0.05) is 6.54 Å². The summed E-state index contributed by atoms with van der Waals surface area (Å²) < 4.78 is 18.7. The number of aryl methyl sites for hydroxylation is 1. The molecule has 3 heteroatoms. The maximum absolute atomic E-state index is 12.9. The molecule has 0 atom stereocenters. The first kappa shape index (κ1) is 18.2. The van der Waals surface area contributed by atoms with E-state index in [4.69, 9.17) is 4.74 Å². The second kappa shape index (κ2) is 9.16. The van der Waals surface area contributed by atoms with E-state index in [0.29, 0.717) is 6.61 Å². The molecule has 0 amide bonds. The molecule has 0 unspecified atom stereocenters. The molecule has 0 saturated carbocycles. The minimum atomic E-state index is -0.189. The summed E-state index contributed by atoms with van der Waals surface area (Å²) in [4.78, 5) is 0. The average molecular weight is 349 g/mol. The van der Waals surface area contributed by atoms with Crippen LogP contribution in [0, 0.1) is 12.7 Å². The summed E-state index contributed by atoms with van der Waals surface area (Å²) in [5, 5.41) is 3.41. The van der Waals surface area contributed by atoms with Gasteiger partial charge in [-0.2, -0.15) is 0 Å². The Morgan fingerprint density at radius 3 is 2.31 bits per heavy atom. The lowest BCUT2D eigenvalue weighted by atomic mass is 10.1. The van der Waals surface area contributed by atoms with Crippen LogP contribution in [0.1, 0.15) is 22.3 Å². The van der Waals surface area contributed by atoms with E-state index >= 15 is 0 Å². The Morgan fingerprint density at radius 1 is 0.846 bits per heavy atom. The van der Waals surface area contributed by atoms with Crippen molar-refractivity contribution in [3.05, 3.63) is 101 Å². The van der Waals surface area contributed by atoms with E-state index in [1.54, 1.807) is 0 Å². The standard InChI is InChI=1S/C23H24FNO/c1-18-3-2-4-21(15-18)17-26-23-11-7-20(8-12-23)16-25-14-13-19-5-9-22(24)10-6-19/h2-12,15,25H,13-14,16-17H2,1H3. The third-order valence-electron chi connectivity index (χ3n) is 4.24. The summed E-state index contributed by atoms with van der Waals surface area (Å²) in [6.45, 7) is 4.33. The lowest BCUT2D eigenvalue weighted by Crippen LogP contribution is -2.16. The fourth-order valence-electron chi connectivity index (χ4n) is 2.79. The van der Waals surface area contributed by atoms with E-state index in [-0.39, 0.29) is 5.82 Å². The summed E-state index contributed by atoms with van der Waals surface area (Å²) in [6, 6.07) is 23.2. The highest BCUT2D eigenvalue weighted by Crippen LogP contribution is 2.15. The smallest absolute Gasteiger partial charge is 0.123 e. The second-order valence-corrected chi connectivity index (χ2v) is 6.47. The topological polar surface area (TPSA) is 21.3 Å². The molecule has 0 fully saturated rings. The lowest BCUT2D eigenvalue weighted by Gasteiger charge is -2.09. The van der Waals surface area contributed by atoms with Crippen molar-refractivity contribution >= 4 is 0 Å². The number of ether oxygens (including phenoxy) is 1. The minimum absolute atomic E-state index is 0.189. The highest BCUT2D eigenvalue weighted by Gasteiger charge is 1.99. The zero-order valence-corrected chi connectivity index (χ0v) is 15.0. The van der Waals surface area contributed by atoms with Crippen LogP contribution in [0.5, 0.6) is 5.75 Å². The fraction of sp³-hybridized carbons (Fsp3) is 0.217. The molecule has 0 saturated heterocycles. The number of benzene rings is 3. The molecule has 2 nitrogen and oxygen atoms in total. The third-order valence-corrected chi connectivity index (χ3v) is 4.24. The van der Waals surface area contributed by atoms with Gasteiger partial charge in [-0.1, -0.05) is 54.1 Å². The molecule has 3 aromatic rings. The second-order valence-electron chi connectivity index (χ2n) is 6.47. The predicted octanol–water partition coefficient (Wildman–Crippen LogP) is 5.05. The predicted molar refractivity (Wildman–Crippen MR) is 104 cm³/mol. The highest BCUT2D eigenvalue weighted by molar-refractivity contribution is 5.28. The van der Waals surface area contributed by atoms with Crippen LogP contribution in [0.3, 0.4) is 0 Å². The average Bonchev–Trinajstić information content (AvgIpc) is 2.66. The van der Waals surface area contributed by atoms with Crippen molar-refractivity contribution in [2.24, 2.45) is 0 Å². The van der Waals surface area contributed by atoms with Gasteiger partial charge in [0.1, 0.15) is 18.2 Å². The number of hydrogen-bond acceptors (Lipinski definition) is 2. The van der Waals surface area contributed by atoms with E-state index in [1.807, 2.05) is 24.3 Å². The Hall–Kier alpha value is -2.65. The highest BCUT2D eigenvalue weighted by atomic mass is 19.1. The van der Waals surface area contributed by atoms with Crippen LogP contribution in [-0.2, 0) is 19.6 Å². The van der Waals surface area contributed by atoms with Crippen molar-refractivity contribution in [1.82, 2.24) is 5.32 Å². The fourth-order valence-corrected chi connectivity index (χ4v) is 2.79. The Kier molecular flexibility index (Phi) is 6.39. The molecule has 3 rings (SSSR count). The van der Waals surface area contributed by atoms with Gasteiger partial charge in [-0.3, -0.25) is 0 Å². The molecule has 0 aliphatic heterocycles. The van der Waals surface area contributed by atoms with Crippen LogP contribution >= 0.6 is 0 Å². The maximum Gasteiger partial charge on any atom is 0.123 e. The quantitative estimate of drug-likeness (QED) is 0.575. The van der Waals surface area contributed by atoms with Crippen molar-refractivity contribution in [3.8, 4) is 5.75 Å². The van der Waals surface area contributed by atoms with E-state index in [2.05, 4.69) is 48.6 Å². The molecule has 0 aromatic heterocycles. The Labute approximate surface area is 154 Å². The molecule has 26 heavy (non-hydrogen) atoms. The largest absolute Gasteiger partial charge is 0.489 e. The van der Waals surface area contributed by atoms with Gasteiger partial charge in [-0.05, 0) is 60.8 Å². The van der Waals surface area contributed by atoms with Crippen molar-refractivity contribution < 1.29 is 9.13 Å². The van der Waals surface area contributed by atoms with E-state index in [0.717, 1.165) is 30.8 Å². The molecule has 134 valence electrons. The first-order valence-electron chi connectivity index (χ1n) is 8.91. The van der Waals surface area contributed by atoms with Gasteiger partial charge < -0.3 is 10.1 Å². The maximum atomic E-state index is 12.9. The van der Waals surface area contributed by atoms with E-state index in [1.165, 1.54) is 28.8 Å². The molecule has 3 aromatic carbocycles. The molecule has 0 spiro atoms. The normalized spacial score (nSPS) is 10.7. The van der Waals surface area contributed by atoms with Gasteiger partial charge in [0.05, 0.1) is 0 Å². The first-order valence-corrected chi connectivity index (χ1v) is 8.91. The van der Waals surface area contributed by atoms with Crippen LogP contribution in [0.15, 0.2) is 72.8 Å². The monoisotopic (exact) mass is 349 g/mol. The van der Waals surface area contributed by atoms with Crippen LogP contribution < -0.4 is 10.1 Å². The van der Waals surface area contributed by atoms with Gasteiger partial charge in [-0.25, -0.2) is 4.39 Å². The number of rotatable bonds is 8. The van der Waals surface area contributed by atoms with Crippen molar-refractivity contribution in [3.63, 3.8) is 0 Å². The van der Waals surface area contributed by atoms with E-state index in [9.17, 15) is 4.39 Å². The van der Waals surface area contributed by atoms with Gasteiger partial charge in [0.2, 0.25) is 0 Å².